The molecular weight excluding hydrogens is 330 g/mol. The molecular formula is C18H18F6. The van der Waals surface area contributed by atoms with E-state index in [0.29, 0.717) is 11.1 Å². The molecule has 0 aliphatic rings. The molecule has 0 aromatic heterocycles. The van der Waals surface area contributed by atoms with Crippen molar-refractivity contribution in [3.05, 3.63) is 71.8 Å². The summed E-state index contributed by atoms with van der Waals surface area (Å²) in [6.07, 6.45) is -7.18. The van der Waals surface area contributed by atoms with Crippen LogP contribution in [0, 0.1) is 6.92 Å². The number of halogens is 6. The van der Waals surface area contributed by atoms with E-state index < -0.39 is 29.8 Å². The van der Waals surface area contributed by atoms with Crippen LogP contribution in [-0.4, -0.2) is 12.4 Å². The fourth-order valence-corrected chi connectivity index (χ4v) is 2.41. The largest absolute Gasteiger partial charge is 0.407 e. The highest BCUT2D eigenvalue weighted by Crippen LogP contribution is 2.54. The van der Waals surface area contributed by atoms with E-state index in [9.17, 15) is 26.3 Å². The SMILES string of the molecule is C=C/C=C(C)\C=C/CC(c1cccc(C)c1)(C(F)(F)F)C(F)(F)F. The molecule has 0 heterocycles. The molecule has 0 aliphatic heterocycles. The minimum Gasteiger partial charge on any atom is -0.170 e. The van der Waals surface area contributed by atoms with Crippen molar-refractivity contribution < 1.29 is 26.3 Å². The minimum atomic E-state index is -5.49. The first-order chi connectivity index (χ1) is 11.0. The molecule has 1 rings (SSSR count). The zero-order valence-electron chi connectivity index (χ0n) is 13.3. The molecule has 6 heteroatoms. The molecule has 1 aromatic rings. The Balaban J connectivity index is 3.50. The van der Waals surface area contributed by atoms with E-state index in [0.717, 1.165) is 18.2 Å². The van der Waals surface area contributed by atoms with Crippen LogP contribution in [0.5, 0.6) is 0 Å². The highest BCUT2D eigenvalue weighted by molar-refractivity contribution is 5.35. The predicted molar refractivity (Wildman–Crippen MR) is 82.7 cm³/mol. The lowest BCUT2D eigenvalue weighted by Crippen LogP contribution is -2.53. The van der Waals surface area contributed by atoms with Crippen molar-refractivity contribution >= 4 is 0 Å². The summed E-state index contributed by atoms with van der Waals surface area (Å²) in [5.74, 6) is 0. The monoisotopic (exact) mass is 348 g/mol. The number of rotatable bonds is 5. The maximum atomic E-state index is 13.6. The fourth-order valence-electron chi connectivity index (χ4n) is 2.41. The van der Waals surface area contributed by atoms with Crippen LogP contribution in [0.2, 0.25) is 0 Å². The van der Waals surface area contributed by atoms with Crippen LogP contribution < -0.4 is 0 Å². The summed E-state index contributed by atoms with van der Waals surface area (Å²) in [5, 5.41) is 0. The van der Waals surface area contributed by atoms with Gasteiger partial charge in [-0.05, 0) is 25.8 Å². The van der Waals surface area contributed by atoms with E-state index in [1.807, 2.05) is 0 Å². The van der Waals surface area contributed by atoms with Crippen molar-refractivity contribution in [3.8, 4) is 0 Å². The van der Waals surface area contributed by atoms with E-state index in [1.54, 1.807) is 6.92 Å². The number of aryl methyl sites for hydroxylation is 1. The normalized spacial score (nSPS) is 14.2. The third kappa shape index (κ3) is 4.10. The average molecular weight is 348 g/mol. The zero-order chi connectivity index (χ0) is 18.6. The highest BCUT2D eigenvalue weighted by Gasteiger charge is 2.70. The summed E-state index contributed by atoms with van der Waals surface area (Å²) in [6, 6.07) is 4.45. The maximum Gasteiger partial charge on any atom is 0.407 e. The summed E-state index contributed by atoms with van der Waals surface area (Å²) in [6.45, 7) is 6.44. The van der Waals surface area contributed by atoms with Crippen LogP contribution in [0.15, 0.2) is 60.7 Å². The van der Waals surface area contributed by atoms with E-state index >= 15 is 0 Å². The number of hydrogen-bond donors (Lipinski definition) is 0. The Bertz CT molecular complexity index is 618. The van der Waals surface area contributed by atoms with Gasteiger partial charge in [-0.15, -0.1) is 0 Å². The lowest BCUT2D eigenvalue weighted by atomic mass is 9.75. The van der Waals surface area contributed by atoms with Gasteiger partial charge < -0.3 is 0 Å². The first-order valence-corrected chi connectivity index (χ1v) is 7.12. The summed E-state index contributed by atoms with van der Waals surface area (Å²) in [5.41, 5.74) is -3.92. The zero-order valence-corrected chi connectivity index (χ0v) is 13.3. The van der Waals surface area contributed by atoms with E-state index in [-0.39, 0.29) is 0 Å². The summed E-state index contributed by atoms with van der Waals surface area (Å²) < 4.78 is 81.5. The summed E-state index contributed by atoms with van der Waals surface area (Å²) >= 11 is 0. The van der Waals surface area contributed by atoms with Crippen LogP contribution in [-0.2, 0) is 5.41 Å². The molecule has 0 fully saturated rings. The molecule has 0 aliphatic carbocycles. The van der Waals surface area contributed by atoms with E-state index in [2.05, 4.69) is 6.58 Å². The number of allylic oxidation sites excluding steroid dienone is 5. The third-order valence-electron chi connectivity index (χ3n) is 3.66. The Hall–Kier alpha value is -1.98. The van der Waals surface area contributed by atoms with Gasteiger partial charge in [0.1, 0.15) is 0 Å². The topological polar surface area (TPSA) is 0 Å². The highest BCUT2D eigenvalue weighted by atomic mass is 19.4. The van der Waals surface area contributed by atoms with Crippen LogP contribution >= 0.6 is 0 Å². The fraction of sp³-hybridized carbons (Fsp3) is 0.333. The van der Waals surface area contributed by atoms with Gasteiger partial charge >= 0.3 is 12.4 Å². The molecule has 0 unspecified atom stereocenters. The smallest absolute Gasteiger partial charge is 0.170 e. The van der Waals surface area contributed by atoms with Crippen molar-refractivity contribution in [2.24, 2.45) is 0 Å². The molecule has 0 radical (unpaired) electrons. The van der Waals surface area contributed by atoms with Crippen LogP contribution in [0.1, 0.15) is 24.5 Å². The lowest BCUT2D eigenvalue weighted by molar-refractivity contribution is -0.302. The number of hydrogen-bond acceptors (Lipinski definition) is 0. The predicted octanol–water partition coefficient (Wildman–Crippen LogP) is 6.44. The Kier molecular flexibility index (Phi) is 6.09. The molecule has 1 aromatic carbocycles. The van der Waals surface area contributed by atoms with Crippen molar-refractivity contribution in [3.63, 3.8) is 0 Å². The van der Waals surface area contributed by atoms with Gasteiger partial charge in [0.2, 0.25) is 0 Å². The molecule has 0 nitrogen and oxygen atoms in total. The van der Waals surface area contributed by atoms with Gasteiger partial charge in [0.15, 0.2) is 5.41 Å². The second-order valence-corrected chi connectivity index (χ2v) is 5.52. The van der Waals surface area contributed by atoms with Crippen molar-refractivity contribution in [1.82, 2.24) is 0 Å². The van der Waals surface area contributed by atoms with Crippen LogP contribution in [0.25, 0.3) is 0 Å². The van der Waals surface area contributed by atoms with Gasteiger partial charge in [-0.2, -0.15) is 26.3 Å². The molecule has 0 spiro atoms. The van der Waals surface area contributed by atoms with Gasteiger partial charge in [0.05, 0.1) is 0 Å². The van der Waals surface area contributed by atoms with Crippen LogP contribution in [0.3, 0.4) is 0 Å². The Morgan fingerprint density at radius 2 is 1.67 bits per heavy atom. The van der Waals surface area contributed by atoms with Gasteiger partial charge in [-0.1, -0.05) is 66.3 Å². The van der Waals surface area contributed by atoms with Gasteiger partial charge in [-0.3, -0.25) is 0 Å². The standard InChI is InChI=1S/C18H18F6/c1-4-7-13(2)9-6-11-16(17(19,20)21,18(22,23)24)15-10-5-8-14(3)12-15/h4-10,12H,1,11H2,2-3H3/b9-6-,13-7-. The van der Waals surface area contributed by atoms with Crippen molar-refractivity contribution in [2.75, 3.05) is 0 Å². The Morgan fingerprint density at radius 1 is 1.08 bits per heavy atom. The summed E-state index contributed by atoms with van der Waals surface area (Å²) in [4.78, 5) is 0. The Morgan fingerprint density at radius 3 is 2.12 bits per heavy atom. The summed E-state index contributed by atoms with van der Waals surface area (Å²) in [7, 11) is 0. The molecule has 0 bridgehead atoms. The number of benzene rings is 1. The lowest BCUT2D eigenvalue weighted by Gasteiger charge is -2.37. The van der Waals surface area contributed by atoms with Gasteiger partial charge in [-0.25, -0.2) is 0 Å². The molecule has 132 valence electrons. The molecule has 0 N–H and O–H groups in total. The van der Waals surface area contributed by atoms with Gasteiger partial charge in [0.25, 0.3) is 0 Å². The molecule has 0 saturated heterocycles. The maximum absolute atomic E-state index is 13.6. The second-order valence-electron chi connectivity index (χ2n) is 5.52. The molecule has 24 heavy (non-hydrogen) atoms. The van der Waals surface area contributed by atoms with Crippen molar-refractivity contribution in [1.29, 1.82) is 0 Å². The van der Waals surface area contributed by atoms with Crippen LogP contribution in [0.4, 0.5) is 26.3 Å². The Labute approximate surface area is 137 Å². The van der Waals surface area contributed by atoms with Crippen molar-refractivity contribution in [2.45, 2.75) is 38.0 Å². The second kappa shape index (κ2) is 7.28. The first kappa shape index (κ1) is 20.1. The average Bonchev–Trinajstić information content (AvgIpc) is 2.41. The van der Waals surface area contributed by atoms with E-state index in [1.165, 1.54) is 37.3 Å². The molecule has 0 amide bonds. The van der Waals surface area contributed by atoms with E-state index in [4.69, 9.17) is 0 Å². The first-order valence-electron chi connectivity index (χ1n) is 7.12. The van der Waals surface area contributed by atoms with Gasteiger partial charge in [0, 0.05) is 0 Å². The molecule has 0 atom stereocenters. The third-order valence-corrected chi connectivity index (χ3v) is 3.66. The minimum absolute atomic E-state index is 0.331. The molecule has 0 saturated carbocycles. The quantitative estimate of drug-likeness (QED) is 0.424. The number of alkyl halides is 6.